The highest BCUT2D eigenvalue weighted by molar-refractivity contribution is 5.87. The minimum absolute atomic E-state index is 0.0843. The maximum absolute atomic E-state index is 11.1. The van der Waals surface area contributed by atoms with Crippen molar-refractivity contribution >= 4 is 5.91 Å². The molecule has 2 aliphatic rings. The van der Waals surface area contributed by atoms with Crippen LogP contribution in [0.4, 0.5) is 0 Å². The number of hydrogen-bond acceptors (Lipinski definition) is 2. The van der Waals surface area contributed by atoms with Crippen molar-refractivity contribution in [2.75, 3.05) is 0 Å². The first-order valence-corrected chi connectivity index (χ1v) is 4.88. The van der Waals surface area contributed by atoms with E-state index in [1.807, 2.05) is 0 Å². The first-order chi connectivity index (χ1) is 6.29. The van der Waals surface area contributed by atoms with Crippen LogP contribution in [0, 0.1) is 0 Å². The van der Waals surface area contributed by atoms with Gasteiger partial charge in [0.25, 0.3) is 0 Å². The van der Waals surface area contributed by atoms with Gasteiger partial charge in [0.1, 0.15) is 0 Å². The normalized spacial score (nSPS) is 37.1. The number of carbonyl (C=O) groups is 1. The molecule has 2 heterocycles. The summed E-state index contributed by atoms with van der Waals surface area (Å²) < 4.78 is 5.71. The topological polar surface area (TPSA) is 38.3 Å². The Morgan fingerprint density at radius 2 is 2.15 bits per heavy atom. The standard InChI is InChI=1S/C10H15NO2/c1-2-10(12)11-8-5-3-7-4-6-9(8)13-7/h2,7-9H,1,3-6H2,(H,11,12). The zero-order chi connectivity index (χ0) is 9.26. The minimum atomic E-state index is -0.0843. The van der Waals surface area contributed by atoms with Gasteiger partial charge in [-0.1, -0.05) is 6.58 Å². The maximum Gasteiger partial charge on any atom is 0.243 e. The lowest BCUT2D eigenvalue weighted by atomic mass is 10.0. The Labute approximate surface area is 78.1 Å². The lowest BCUT2D eigenvalue weighted by Gasteiger charge is -2.29. The predicted octanol–water partition coefficient (Wildman–Crippen LogP) is 0.999. The smallest absolute Gasteiger partial charge is 0.243 e. The number of ether oxygens (including phenoxy) is 1. The molecule has 0 radical (unpaired) electrons. The quantitative estimate of drug-likeness (QED) is 0.645. The van der Waals surface area contributed by atoms with E-state index in [-0.39, 0.29) is 18.1 Å². The second-order valence-corrected chi connectivity index (χ2v) is 3.77. The summed E-state index contributed by atoms with van der Waals surface area (Å²) in [7, 11) is 0. The van der Waals surface area contributed by atoms with E-state index in [2.05, 4.69) is 11.9 Å². The van der Waals surface area contributed by atoms with Crippen LogP contribution >= 0.6 is 0 Å². The van der Waals surface area contributed by atoms with Crippen molar-refractivity contribution in [2.24, 2.45) is 0 Å². The fourth-order valence-corrected chi connectivity index (χ4v) is 2.20. The minimum Gasteiger partial charge on any atom is -0.373 e. The summed E-state index contributed by atoms with van der Waals surface area (Å²) in [6.07, 6.45) is 6.41. The highest BCUT2D eigenvalue weighted by atomic mass is 16.5. The molecule has 3 unspecified atom stereocenters. The van der Waals surface area contributed by atoms with E-state index in [4.69, 9.17) is 4.74 Å². The van der Waals surface area contributed by atoms with Crippen LogP contribution in [0.1, 0.15) is 25.7 Å². The van der Waals surface area contributed by atoms with E-state index in [0.717, 1.165) is 25.7 Å². The van der Waals surface area contributed by atoms with Crippen LogP contribution in [0.25, 0.3) is 0 Å². The molecule has 3 nitrogen and oxygen atoms in total. The Bertz CT molecular complexity index is 227. The molecule has 3 heteroatoms. The van der Waals surface area contributed by atoms with Crippen LogP contribution in [0.5, 0.6) is 0 Å². The Hall–Kier alpha value is -0.830. The molecule has 0 spiro atoms. The van der Waals surface area contributed by atoms with Crippen molar-refractivity contribution in [3.63, 3.8) is 0 Å². The van der Waals surface area contributed by atoms with E-state index in [1.54, 1.807) is 0 Å². The van der Waals surface area contributed by atoms with Gasteiger partial charge < -0.3 is 10.1 Å². The largest absolute Gasteiger partial charge is 0.373 e. The van der Waals surface area contributed by atoms with Gasteiger partial charge in [-0.2, -0.15) is 0 Å². The second-order valence-electron chi connectivity index (χ2n) is 3.77. The summed E-state index contributed by atoms with van der Waals surface area (Å²) in [6.45, 7) is 3.43. The van der Waals surface area contributed by atoms with Gasteiger partial charge in [0, 0.05) is 0 Å². The highest BCUT2D eigenvalue weighted by Crippen LogP contribution is 2.32. The molecule has 1 N–H and O–H groups in total. The predicted molar refractivity (Wildman–Crippen MR) is 49.3 cm³/mol. The Morgan fingerprint density at radius 3 is 2.92 bits per heavy atom. The lowest BCUT2D eigenvalue weighted by molar-refractivity contribution is -0.119. The van der Waals surface area contributed by atoms with Crippen LogP contribution in [0.3, 0.4) is 0 Å². The third kappa shape index (κ3) is 1.75. The van der Waals surface area contributed by atoms with Gasteiger partial charge in [-0.15, -0.1) is 0 Å². The van der Waals surface area contributed by atoms with Crippen LogP contribution in [0.2, 0.25) is 0 Å². The molecule has 0 aromatic rings. The zero-order valence-electron chi connectivity index (χ0n) is 7.66. The first-order valence-electron chi connectivity index (χ1n) is 4.88. The third-order valence-electron chi connectivity index (χ3n) is 2.90. The molecule has 1 amide bonds. The summed E-state index contributed by atoms with van der Waals surface area (Å²) in [6, 6.07) is 0.212. The molecular weight excluding hydrogens is 166 g/mol. The Morgan fingerprint density at radius 1 is 1.38 bits per heavy atom. The van der Waals surface area contributed by atoms with Crippen molar-refractivity contribution in [2.45, 2.75) is 43.9 Å². The molecular formula is C10H15NO2. The molecule has 2 saturated heterocycles. The van der Waals surface area contributed by atoms with E-state index >= 15 is 0 Å². The molecule has 2 aliphatic heterocycles. The SMILES string of the molecule is C=CC(=O)NC1CCC2CCC1O2. The summed E-state index contributed by atoms with van der Waals surface area (Å²) in [4.78, 5) is 11.1. The lowest BCUT2D eigenvalue weighted by Crippen LogP contribution is -2.45. The average Bonchev–Trinajstić information content (AvgIpc) is 2.54. The fourth-order valence-electron chi connectivity index (χ4n) is 2.20. The number of nitrogens with one attached hydrogen (secondary N) is 1. The Kier molecular flexibility index (Phi) is 2.36. The van der Waals surface area contributed by atoms with Gasteiger partial charge in [0.2, 0.25) is 5.91 Å². The monoisotopic (exact) mass is 181 g/mol. The third-order valence-corrected chi connectivity index (χ3v) is 2.90. The van der Waals surface area contributed by atoms with Gasteiger partial charge in [-0.25, -0.2) is 0 Å². The van der Waals surface area contributed by atoms with E-state index in [9.17, 15) is 4.79 Å². The van der Waals surface area contributed by atoms with E-state index < -0.39 is 0 Å². The van der Waals surface area contributed by atoms with E-state index in [0.29, 0.717) is 6.10 Å². The van der Waals surface area contributed by atoms with Gasteiger partial charge in [-0.3, -0.25) is 4.79 Å². The molecule has 0 aliphatic carbocycles. The molecule has 13 heavy (non-hydrogen) atoms. The molecule has 0 aromatic heterocycles. The van der Waals surface area contributed by atoms with Crippen molar-refractivity contribution in [1.82, 2.24) is 5.32 Å². The summed E-state index contributed by atoms with van der Waals surface area (Å²) in [5.74, 6) is -0.0843. The Balaban J connectivity index is 1.92. The second kappa shape index (κ2) is 3.50. The van der Waals surface area contributed by atoms with Crippen molar-refractivity contribution < 1.29 is 9.53 Å². The van der Waals surface area contributed by atoms with Crippen LogP contribution in [-0.2, 0) is 9.53 Å². The number of carbonyl (C=O) groups excluding carboxylic acids is 1. The average molecular weight is 181 g/mol. The highest BCUT2D eigenvalue weighted by Gasteiger charge is 2.36. The molecule has 2 rings (SSSR count). The molecule has 3 atom stereocenters. The molecule has 2 bridgehead atoms. The fraction of sp³-hybridized carbons (Fsp3) is 0.700. The van der Waals surface area contributed by atoms with Gasteiger partial charge in [-0.05, 0) is 31.8 Å². The van der Waals surface area contributed by atoms with Crippen LogP contribution in [0.15, 0.2) is 12.7 Å². The van der Waals surface area contributed by atoms with Crippen molar-refractivity contribution in [3.05, 3.63) is 12.7 Å². The number of rotatable bonds is 2. The zero-order valence-corrected chi connectivity index (χ0v) is 7.66. The summed E-state index contributed by atoms with van der Waals surface area (Å²) >= 11 is 0. The molecule has 0 aromatic carbocycles. The van der Waals surface area contributed by atoms with Gasteiger partial charge >= 0.3 is 0 Å². The number of fused-ring (bicyclic) bond motifs is 2. The van der Waals surface area contributed by atoms with Crippen molar-refractivity contribution in [3.8, 4) is 0 Å². The van der Waals surface area contributed by atoms with Crippen molar-refractivity contribution in [1.29, 1.82) is 0 Å². The van der Waals surface area contributed by atoms with E-state index in [1.165, 1.54) is 6.08 Å². The molecule has 2 fully saturated rings. The summed E-state index contributed by atoms with van der Waals surface area (Å²) in [5, 5.41) is 2.91. The number of hydrogen-bond donors (Lipinski definition) is 1. The van der Waals surface area contributed by atoms with Crippen LogP contribution < -0.4 is 5.32 Å². The summed E-state index contributed by atoms with van der Waals surface area (Å²) in [5.41, 5.74) is 0. The number of amides is 1. The first kappa shape index (κ1) is 8.75. The van der Waals surface area contributed by atoms with Gasteiger partial charge in [0.15, 0.2) is 0 Å². The molecule has 72 valence electrons. The maximum atomic E-state index is 11.1. The molecule has 0 saturated carbocycles. The van der Waals surface area contributed by atoms with Gasteiger partial charge in [0.05, 0.1) is 18.2 Å². The van der Waals surface area contributed by atoms with Crippen LogP contribution in [-0.4, -0.2) is 24.2 Å².